The van der Waals surface area contributed by atoms with Gasteiger partial charge in [-0.1, -0.05) is 0 Å². The molecule has 120 valence electrons. The van der Waals surface area contributed by atoms with Crippen molar-refractivity contribution in [1.29, 1.82) is 0 Å². The molecule has 1 saturated carbocycles. The highest BCUT2D eigenvalue weighted by molar-refractivity contribution is 5.83. The molecule has 0 spiro atoms. The van der Waals surface area contributed by atoms with Crippen molar-refractivity contribution in [1.82, 2.24) is 4.90 Å². The summed E-state index contributed by atoms with van der Waals surface area (Å²) < 4.78 is 27.1. The van der Waals surface area contributed by atoms with Gasteiger partial charge in [0.25, 0.3) is 0 Å². The number of nitrogens with zero attached hydrogens (tertiary/aromatic N) is 1. The largest absolute Gasteiger partial charge is 0.342 e. The third kappa shape index (κ3) is 3.00. The fraction of sp³-hybridized carbons (Fsp3) is 0.588. The predicted octanol–water partition coefficient (Wildman–Crippen LogP) is 2.65. The van der Waals surface area contributed by atoms with Gasteiger partial charge in [0.1, 0.15) is 11.6 Å². The average molecular weight is 308 g/mol. The molecule has 0 radical (unpaired) electrons. The van der Waals surface area contributed by atoms with Crippen molar-refractivity contribution in [3.05, 3.63) is 35.4 Å². The van der Waals surface area contributed by atoms with Gasteiger partial charge in [0.15, 0.2) is 0 Å². The van der Waals surface area contributed by atoms with Crippen LogP contribution in [0.15, 0.2) is 18.2 Å². The standard InChI is InChI=1S/C17H22F2N2O/c1-10(20)11-3-2-6-21(9-11)17(22)15-8-13(15)14-7-12(18)4-5-16(14)19/h4-5,7,10-11,13,15H,2-3,6,8-9,20H2,1H3/t10-,11+,13-,15+/m0/s1. The number of hydrogen-bond acceptors (Lipinski definition) is 2. The summed E-state index contributed by atoms with van der Waals surface area (Å²) in [7, 11) is 0. The second kappa shape index (κ2) is 5.95. The number of carbonyl (C=O) groups excluding carboxylic acids is 1. The molecule has 3 nitrogen and oxygen atoms in total. The first-order valence-electron chi connectivity index (χ1n) is 7.96. The van der Waals surface area contributed by atoms with E-state index in [1.807, 2.05) is 11.8 Å². The molecular formula is C17H22F2N2O. The lowest BCUT2D eigenvalue weighted by Crippen LogP contribution is -2.45. The molecule has 1 aromatic rings. The summed E-state index contributed by atoms with van der Waals surface area (Å²) in [6.07, 6.45) is 2.62. The van der Waals surface area contributed by atoms with Gasteiger partial charge in [0.2, 0.25) is 5.91 Å². The lowest BCUT2D eigenvalue weighted by Gasteiger charge is -2.34. The lowest BCUT2D eigenvalue weighted by molar-refractivity contribution is -0.134. The minimum atomic E-state index is -0.454. The predicted molar refractivity (Wildman–Crippen MR) is 80.2 cm³/mol. The Hall–Kier alpha value is -1.49. The number of nitrogens with two attached hydrogens (primary N) is 1. The maximum absolute atomic E-state index is 13.8. The van der Waals surface area contributed by atoms with Gasteiger partial charge >= 0.3 is 0 Å². The number of hydrogen-bond donors (Lipinski definition) is 1. The topological polar surface area (TPSA) is 46.3 Å². The highest BCUT2D eigenvalue weighted by Gasteiger charge is 2.47. The molecule has 0 aromatic heterocycles. The van der Waals surface area contributed by atoms with Crippen LogP contribution in [0.5, 0.6) is 0 Å². The van der Waals surface area contributed by atoms with E-state index in [9.17, 15) is 13.6 Å². The summed E-state index contributed by atoms with van der Waals surface area (Å²) in [5.74, 6) is -0.861. The summed E-state index contributed by atoms with van der Waals surface area (Å²) in [5.41, 5.74) is 6.28. The maximum atomic E-state index is 13.8. The molecule has 1 saturated heterocycles. The summed E-state index contributed by atoms with van der Waals surface area (Å²) in [5, 5.41) is 0. The first kappa shape index (κ1) is 15.4. The van der Waals surface area contributed by atoms with E-state index in [0.29, 0.717) is 24.4 Å². The van der Waals surface area contributed by atoms with Crippen molar-refractivity contribution in [2.24, 2.45) is 17.6 Å². The Bertz CT molecular complexity index is 576. The van der Waals surface area contributed by atoms with Crippen LogP contribution >= 0.6 is 0 Å². The lowest BCUT2D eigenvalue weighted by atomic mass is 9.92. The maximum Gasteiger partial charge on any atom is 0.226 e. The molecule has 3 rings (SSSR count). The average Bonchev–Trinajstić information content (AvgIpc) is 3.29. The van der Waals surface area contributed by atoms with Crippen molar-refractivity contribution in [2.75, 3.05) is 13.1 Å². The summed E-state index contributed by atoms with van der Waals surface area (Å²) in [6, 6.07) is 3.54. The Balaban J connectivity index is 1.66. The van der Waals surface area contributed by atoms with E-state index in [1.165, 1.54) is 6.07 Å². The Kier molecular flexibility index (Phi) is 4.17. The third-order valence-electron chi connectivity index (χ3n) is 4.98. The fourth-order valence-corrected chi connectivity index (χ4v) is 3.48. The van der Waals surface area contributed by atoms with Gasteiger partial charge in [-0.15, -0.1) is 0 Å². The van der Waals surface area contributed by atoms with Gasteiger partial charge in [-0.05, 0) is 61.8 Å². The number of rotatable bonds is 3. The van der Waals surface area contributed by atoms with E-state index >= 15 is 0 Å². The monoisotopic (exact) mass is 308 g/mol. The molecule has 2 N–H and O–H groups in total. The van der Waals surface area contributed by atoms with Gasteiger partial charge in [0, 0.05) is 25.0 Å². The SMILES string of the molecule is C[C@H](N)[C@@H]1CCCN(C(=O)[C@@H]2C[C@H]2c2cc(F)ccc2F)C1. The molecule has 22 heavy (non-hydrogen) atoms. The smallest absolute Gasteiger partial charge is 0.226 e. The minimum Gasteiger partial charge on any atom is -0.342 e. The first-order chi connectivity index (χ1) is 10.5. The van der Waals surface area contributed by atoms with E-state index in [0.717, 1.165) is 31.5 Å². The third-order valence-corrected chi connectivity index (χ3v) is 4.98. The minimum absolute atomic E-state index is 0.0685. The molecular weight excluding hydrogens is 286 g/mol. The number of benzene rings is 1. The molecule has 0 bridgehead atoms. The van der Waals surface area contributed by atoms with Crippen molar-refractivity contribution >= 4 is 5.91 Å². The van der Waals surface area contributed by atoms with E-state index in [-0.39, 0.29) is 23.8 Å². The van der Waals surface area contributed by atoms with Crippen LogP contribution in [0.1, 0.15) is 37.7 Å². The summed E-state index contributed by atoms with van der Waals surface area (Å²) in [6.45, 7) is 3.41. The van der Waals surface area contributed by atoms with E-state index in [4.69, 9.17) is 5.73 Å². The zero-order valence-electron chi connectivity index (χ0n) is 12.8. The molecule has 4 atom stereocenters. The van der Waals surface area contributed by atoms with Gasteiger partial charge in [-0.2, -0.15) is 0 Å². The van der Waals surface area contributed by atoms with Gasteiger partial charge in [-0.25, -0.2) is 8.78 Å². The van der Waals surface area contributed by atoms with Crippen molar-refractivity contribution in [3.63, 3.8) is 0 Å². The zero-order valence-corrected chi connectivity index (χ0v) is 12.8. The Morgan fingerprint density at radius 2 is 2.18 bits per heavy atom. The van der Waals surface area contributed by atoms with Crippen LogP contribution < -0.4 is 5.73 Å². The number of carbonyl (C=O) groups is 1. The number of amides is 1. The number of likely N-dealkylation sites (tertiary alicyclic amines) is 1. The molecule has 1 aliphatic carbocycles. The van der Waals surface area contributed by atoms with Crippen LogP contribution in [-0.4, -0.2) is 29.9 Å². The molecule has 0 unspecified atom stereocenters. The Labute approximate surface area is 129 Å². The van der Waals surface area contributed by atoms with E-state index in [1.54, 1.807) is 0 Å². The first-order valence-corrected chi connectivity index (χ1v) is 7.96. The molecule has 1 heterocycles. The molecule has 2 aliphatic rings. The normalized spacial score (nSPS) is 29.3. The number of piperidine rings is 1. The number of halogens is 2. The van der Waals surface area contributed by atoms with Crippen molar-refractivity contribution < 1.29 is 13.6 Å². The van der Waals surface area contributed by atoms with Gasteiger partial charge in [-0.3, -0.25) is 4.79 Å². The molecule has 5 heteroatoms. The highest BCUT2D eigenvalue weighted by atomic mass is 19.1. The Morgan fingerprint density at radius 3 is 2.91 bits per heavy atom. The molecule has 1 aromatic carbocycles. The Morgan fingerprint density at radius 1 is 1.41 bits per heavy atom. The van der Waals surface area contributed by atoms with Crippen LogP contribution in [0.2, 0.25) is 0 Å². The van der Waals surface area contributed by atoms with E-state index < -0.39 is 11.6 Å². The van der Waals surface area contributed by atoms with Gasteiger partial charge < -0.3 is 10.6 Å². The zero-order chi connectivity index (χ0) is 15.9. The van der Waals surface area contributed by atoms with Gasteiger partial charge in [0.05, 0.1) is 0 Å². The molecule has 1 amide bonds. The van der Waals surface area contributed by atoms with Crippen LogP contribution in [0.3, 0.4) is 0 Å². The molecule has 2 fully saturated rings. The van der Waals surface area contributed by atoms with Crippen LogP contribution in [0.4, 0.5) is 8.78 Å². The summed E-state index contributed by atoms with van der Waals surface area (Å²) >= 11 is 0. The fourth-order valence-electron chi connectivity index (χ4n) is 3.48. The van der Waals surface area contributed by atoms with Crippen LogP contribution in [0, 0.1) is 23.5 Å². The van der Waals surface area contributed by atoms with Crippen LogP contribution in [-0.2, 0) is 4.79 Å². The second-order valence-corrected chi connectivity index (χ2v) is 6.66. The van der Waals surface area contributed by atoms with Crippen molar-refractivity contribution in [3.8, 4) is 0 Å². The van der Waals surface area contributed by atoms with Crippen molar-refractivity contribution in [2.45, 2.75) is 38.1 Å². The summed E-state index contributed by atoms with van der Waals surface area (Å²) in [4.78, 5) is 14.4. The quantitative estimate of drug-likeness (QED) is 0.933. The van der Waals surface area contributed by atoms with Crippen LogP contribution in [0.25, 0.3) is 0 Å². The second-order valence-electron chi connectivity index (χ2n) is 6.66. The highest BCUT2D eigenvalue weighted by Crippen LogP contribution is 2.49. The van der Waals surface area contributed by atoms with E-state index in [2.05, 4.69) is 0 Å². The molecule has 1 aliphatic heterocycles.